The van der Waals surface area contributed by atoms with Crippen molar-refractivity contribution >= 4 is 11.7 Å². The second kappa shape index (κ2) is 1.96. The van der Waals surface area contributed by atoms with Crippen LogP contribution in [0.15, 0.2) is 10.1 Å². The van der Waals surface area contributed by atoms with Gasteiger partial charge in [-0.05, 0) is 6.92 Å². The van der Waals surface area contributed by atoms with Crippen molar-refractivity contribution in [3.63, 3.8) is 0 Å². The predicted molar refractivity (Wildman–Crippen MR) is 28.7 cm³/mol. The number of rotatable bonds is 0. The molecule has 0 spiro atoms. The zero-order valence-corrected chi connectivity index (χ0v) is 4.98. The van der Waals surface area contributed by atoms with E-state index in [1.54, 1.807) is 0 Å². The first kappa shape index (κ1) is 7.04. The summed E-state index contributed by atoms with van der Waals surface area (Å²) in [4.78, 5) is 3.03. The van der Waals surface area contributed by atoms with Crippen LogP contribution in [0.4, 0.5) is 13.2 Å². The molecule has 1 aliphatic heterocycles. The van der Waals surface area contributed by atoms with Gasteiger partial charge < -0.3 is 0 Å². The van der Waals surface area contributed by atoms with E-state index in [4.69, 9.17) is 0 Å². The molecule has 0 aliphatic carbocycles. The van der Waals surface area contributed by atoms with Crippen molar-refractivity contribution < 1.29 is 13.2 Å². The van der Waals surface area contributed by atoms with E-state index < -0.39 is 12.0 Å². The molecule has 1 rings (SSSR count). The Hall–Kier alpha value is -1.07. The van der Waals surface area contributed by atoms with Gasteiger partial charge in [0, 0.05) is 0 Å². The number of hydrogen-bond acceptors (Lipinski definition) is 2. The third kappa shape index (κ3) is 1.26. The Morgan fingerprint density at radius 1 is 1.30 bits per heavy atom. The average Bonchev–Trinajstić information content (AvgIpc) is 2.11. The van der Waals surface area contributed by atoms with Gasteiger partial charge in [0.2, 0.25) is 0 Å². The number of halogens is 3. The molecule has 0 saturated heterocycles. The van der Waals surface area contributed by atoms with E-state index in [-0.39, 0.29) is 5.84 Å². The largest absolute Gasteiger partial charge is 0.453 e. The minimum atomic E-state index is -4.47. The van der Waals surface area contributed by atoms with Crippen LogP contribution in [0.1, 0.15) is 6.92 Å². The van der Waals surface area contributed by atoms with Crippen LogP contribution in [-0.2, 0) is 0 Å². The SMILES string of the molecule is CC1=NC(C(F)(F)F)=N[N]1. The number of hydrogen-bond donors (Lipinski definition) is 0. The quantitative estimate of drug-likeness (QED) is 0.492. The average molecular weight is 150 g/mol. The first-order chi connectivity index (χ1) is 4.50. The smallest absolute Gasteiger partial charge is 0.206 e. The van der Waals surface area contributed by atoms with Crippen molar-refractivity contribution in [3.8, 4) is 0 Å². The van der Waals surface area contributed by atoms with E-state index in [1.807, 2.05) is 0 Å². The Kier molecular flexibility index (Phi) is 1.38. The number of amidine groups is 2. The minimum Gasteiger partial charge on any atom is -0.206 e. The fourth-order valence-electron chi connectivity index (χ4n) is 0.438. The first-order valence-corrected chi connectivity index (χ1v) is 2.41. The summed E-state index contributed by atoms with van der Waals surface area (Å²) in [5, 5.41) is 2.80. The highest BCUT2D eigenvalue weighted by Gasteiger charge is 2.38. The molecule has 55 valence electrons. The minimum absolute atomic E-state index is 0.0346. The van der Waals surface area contributed by atoms with E-state index >= 15 is 0 Å². The maximum Gasteiger partial charge on any atom is 0.453 e. The Balaban J connectivity index is 2.77. The van der Waals surface area contributed by atoms with Crippen LogP contribution < -0.4 is 5.43 Å². The summed E-state index contributed by atoms with van der Waals surface area (Å²) in [6, 6.07) is 0. The maximum absolute atomic E-state index is 11.6. The van der Waals surface area contributed by atoms with Crippen LogP contribution >= 0.6 is 0 Å². The fraction of sp³-hybridized carbons (Fsp3) is 0.500. The molecule has 1 aliphatic rings. The van der Waals surface area contributed by atoms with E-state index in [1.165, 1.54) is 6.92 Å². The molecule has 0 bridgehead atoms. The molecule has 0 saturated carbocycles. The number of aliphatic imine (C=N–C) groups is 1. The lowest BCUT2D eigenvalue weighted by molar-refractivity contribution is -0.0596. The molecule has 1 radical (unpaired) electrons. The van der Waals surface area contributed by atoms with Crippen LogP contribution in [0.25, 0.3) is 0 Å². The van der Waals surface area contributed by atoms with Gasteiger partial charge in [-0.2, -0.15) is 13.2 Å². The summed E-state index contributed by atoms with van der Waals surface area (Å²) >= 11 is 0. The third-order valence-corrected chi connectivity index (χ3v) is 0.811. The highest BCUT2D eigenvalue weighted by atomic mass is 19.4. The maximum atomic E-state index is 11.6. The third-order valence-electron chi connectivity index (χ3n) is 0.811. The van der Waals surface area contributed by atoms with E-state index in [9.17, 15) is 13.2 Å². The molecule has 1 heterocycles. The Morgan fingerprint density at radius 3 is 2.10 bits per heavy atom. The van der Waals surface area contributed by atoms with Gasteiger partial charge in [0.1, 0.15) is 5.84 Å². The van der Waals surface area contributed by atoms with Gasteiger partial charge in [-0.15, -0.1) is 10.5 Å². The van der Waals surface area contributed by atoms with Crippen molar-refractivity contribution in [2.24, 2.45) is 10.1 Å². The Bertz CT molecular complexity index is 202. The van der Waals surface area contributed by atoms with Crippen molar-refractivity contribution in [1.29, 1.82) is 0 Å². The summed E-state index contributed by atoms with van der Waals surface area (Å²) in [5.74, 6) is -1.14. The summed E-state index contributed by atoms with van der Waals surface area (Å²) in [7, 11) is 0. The highest BCUT2D eigenvalue weighted by molar-refractivity contribution is 6.02. The molecule has 0 atom stereocenters. The molecule has 0 aromatic carbocycles. The summed E-state index contributed by atoms with van der Waals surface area (Å²) in [6.45, 7) is 1.35. The molecule has 0 N–H and O–H groups in total. The van der Waals surface area contributed by atoms with Crippen LogP contribution in [0, 0.1) is 0 Å². The monoisotopic (exact) mass is 150 g/mol. The van der Waals surface area contributed by atoms with Gasteiger partial charge in [-0.3, -0.25) is 0 Å². The van der Waals surface area contributed by atoms with Gasteiger partial charge >= 0.3 is 6.18 Å². The summed E-state index contributed by atoms with van der Waals surface area (Å²) < 4.78 is 34.9. The molecule has 0 aromatic heterocycles. The van der Waals surface area contributed by atoms with Crippen molar-refractivity contribution in [2.45, 2.75) is 13.1 Å². The molecule has 0 fully saturated rings. The van der Waals surface area contributed by atoms with Gasteiger partial charge in [0.05, 0.1) is 0 Å². The molecule has 3 nitrogen and oxygen atoms in total. The lowest BCUT2D eigenvalue weighted by Gasteiger charge is -1.98. The van der Waals surface area contributed by atoms with Crippen LogP contribution in [0.3, 0.4) is 0 Å². The Labute approximate surface area is 54.6 Å². The molecule has 0 amide bonds. The fourth-order valence-corrected chi connectivity index (χ4v) is 0.438. The van der Waals surface area contributed by atoms with Crippen molar-refractivity contribution in [2.75, 3.05) is 0 Å². The zero-order chi connectivity index (χ0) is 7.78. The predicted octanol–water partition coefficient (Wildman–Crippen LogP) is 0.899. The lowest BCUT2D eigenvalue weighted by Crippen LogP contribution is -2.19. The molecule has 0 unspecified atom stereocenters. The normalized spacial score (nSPS) is 18.0. The first-order valence-electron chi connectivity index (χ1n) is 2.41. The van der Waals surface area contributed by atoms with E-state index in [0.29, 0.717) is 0 Å². The molecular formula is C4H3F3N3. The topological polar surface area (TPSA) is 38.8 Å². The van der Waals surface area contributed by atoms with E-state index in [0.717, 1.165) is 0 Å². The highest BCUT2D eigenvalue weighted by Crippen LogP contribution is 2.19. The van der Waals surface area contributed by atoms with Crippen molar-refractivity contribution in [3.05, 3.63) is 0 Å². The molecule has 6 heteroatoms. The van der Waals surface area contributed by atoms with Crippen molar-refractivity contribution in [1.82, 2.24) is 5.43 Å². The zero-order valence-electron chi connectivity index (χ0n) is 4.98. The van der Waals surface area contributed by atoms with Gasteiger partial charge in [-0.25, -0.2) is 4.99 Å². The molecule has 10 heavy (non-hydrogen) atoms. The van der Waals surface area contributed by atoms with Crippen LogP contribution in [0.2, 0.25) is 0 Å². The number of nitrogens with zero attached hydrogens (tertiary/aromatic N) is 3. The standard InChI is InChI=1S/C4H3F3N3/c1-2-8-3(10-9-2)4(5,6)7/h1H3. The molecular weight excluding hydrogens is 147 g/mol. The van der Waals surface area contributed by atoms with Crippen LogP contribution in [0.5, 0.6) is 0 Å². The van der Waals surface area contributed by atoms with E-state index in [2.05, 4.69) is 15.5 Å². The van der Waals surface area contributed by atoms with Crippen LogP contribution in [-0.4, -0.2) is 17.8 Å². The van der Waals surface area contributed by atoms with Gasteiger partial charge in [-0.1, -0.05) is 0 Å². The lowest BCUT2D eigenvalue weighted by atomic mass is 10.6. The molecule has 0 aromatic rings. The second-order valence-electron chi connectivity index (χ2n) is 1.68. The van der Waals surface area contributed by atoms with Gasteiger partial charge in [0.25, 0.3) is 5.84 Å². The van der Waals surface area contributed by atoms with Gasteiger partial charge in [0.15, 0.2) is 0 Å². The number of alkyl halides is 3. The Morgan fingerprint density at radius 2 is 1.90 bits per heavy atom. The summed E-state index contributed by atoms with van der Waals surface area (Å²) in [6.07, 6.45) is -4.47. The summed E-state index contributed by atoms with van der Waals surface area (Å²) in [5.41, 5.74) is 3.10. The second-order valence-corrected chi connectivity index (χ2v) is 1.68.